The fourth-order valence-corrected chi connectivity index (χ4v) is 1.20. The van der Waals surface area contributed by atoms with Crippen LogP contribution in [0, 0.1) is 0 Å². The molecule has 0 aliphatic carbocycles. The minimum absolute atomic E-state index is 0.591. The van der Waals surface area contributed by atoms with Crippen molar-refractivity contribution >= 4 is 7.60 Å². The third kappa shape index (κ3) is 3.37. The first-order valence-corrected chi connectivity index (χ1v) is 5.48. The van der Waals surface area contributed by atoms with Crippen LogP contribution in [0.1, 0.15) is 40.0 Å². The van der Waals surface area contributed by atoms with Crippen LogP contribution in [0.2, 0.25) is 0 Å². The molecule has 0 fully saturated rings. The molecule has 3 nitrogen and oxygen atoms in total. The zero-order valence-electron chi connectivity index (χ0n) is 7.37. The highest BCUT2D eigenvalue weighted by Crippen LogP contribution is 2.52. The van der Waals surface area contributed by atoms with Crippen molar-refractivity contribution in [2.45, 2.75) is 45.2 Å². The van der Waals surface area contributed by atoms with Gasteiger partial charge in [0.05, 0.1) is 5.16 Å². The van der Waals surface area contributed by atoms with Crippen LogP contribution < -0.4 is 0 Å². The zero-order chi connectivity index (χ0) is 9.12. The summed E-state index contributed by atoms with van der Waals surface area (Å²) in [5, 5.41) is -0.844. The van der Waals surface area contributed by atoms with Crippen LogP contribution in [0.3, 0.4) is 0 Å². The average Bonchev–Trinajstić information content (AvgIpc) is 1.81. The summed E-state index contributed by atoms with van der Waals surface area (Å²) in [6, 6.07) is 0. The Balaban J connectivity index is 4.11. The Morgan fingerprint density at radius 3 is 2.09 bits per heavy atom. The van der Waals surface area contributed by atoms with Gasteiger partial charge in [0.15, 0.2) is 0 Å². The summed E-state index contributed by atoms with van der Waals surface area (Å²) < 4.78 is 10.9. The molecule has 0 aromatic heterocycles. The van der Waals surface area contributed by atoms with Crippen LogP contribution in [0.25, 0.3) is 0 Å². The minimum Gasteiger partial charge on any atom is -0.324 e. The van der Waals surface area contributed by atoms with E-state index in [2.05, 4.69) is 0 Å². The molecule has 0 aliphatic rings. The number of hydrogen-bond acceptors (Lipinski definition) is 1. The van der Waals surface area contributed by atoms with Gasteiger partial charge in [0.2, 0.25) is 0 Å². The second-order valence-corrected chi connectivity index (χ2v) is 5.76. The normalized spacial score (nSPS) is 13.5. The molecule has 0 unspecified atom stereocenters. The van der Waals surface area contributed by atoms with Crippen molar-refractivity contribution in [3.8, 4) is 0 Å². The topological polar surface area (TPSA) is 57.5 Å². The Bertz CT molecular complexity index is 159. The molecule has 0 saturated heterocycles. The Hall–Kier alpha value is 0.150. The molecular weight excluding hydrogens is 163 g/mol. The summed E-state index contributed by atoms with van der Waals surface area (Å²) in [7, 11) is -3.90. The van der Waals surface area contributed by atoms with Crippen LogP contribution in [0.15, 0.2) is 0 Å². The first-order chi connectivity index (χ1) is 4.81. The van der Waals surface area contributed by atoms with E-state index in [9.17, 15) is 4.57 Å². The predicted molar refractivity (Wildman–Crippen MR) is 45.6 cm³/mol. The van der Waals surface area contributed by atoms with Gasteiger partial charge in [-0.1, -0.05) is 19.8 Å². The molecule has 11 heavy (non-hydrogen) atoms. The summed E-state index contributed by atoms with van der Waals surface area (Å²) in [4.78, 5) is 17.8. The van der Waals surface area contributed by atoms with E-state index in [0.29, 0.717) is 6.42 Å². The highest BCUT2D eigenvalue weighted by Gasteiger charge is 2.36. The quantitative estimate of drug-likeness (QED) is 0.651. The molecule has 0 bridgehead atoms. The van der Waals surface area contributed by atoms with Gasteiger partial charge in [-0.25, -0.2) is 0 Å². The van der Waals surface area contributed by atoms with Crippen LogP contribution in [-0.2, 0) is 4.57 Å². The highest BCUT2D eigenvalue weighted by molar-refractivity contribution is 7.53. The van der Waals surface area contributed by atoms with Crippen LogP contribution >= 0.6 is 7.60 Å². The minimum atomic E-state index is -3.90. The van der Waals surface area contributed by atoms with Crippen molar-refractivity contribution in [2.75, 3.05) is 0 Å². The maximum atomic E-state index is 10.9. The van der Waals surface area contributed by atoms with Crippen molar-refractivity contribution in [1.82, 2.24) is 0 Å². The molecule has 0 atom stereocenters. The predicted octanol–water partition coefficient (Wildman–Crippen LogP) is 2.13. The Kier molecular flexibility index (Phi) is 3.75. The van der Waals surface area contributed by atoms with Crippen molar-refractivity contribution in [2.24, 2.45) is 0 Å². The van der Waals surface area contributed by atoms with E-state index in [4.69, 9.17) is 9.79 Å². The molecule has 0 aliphatic heterocycles. The van der Waals surface area contributed by atoms with Gasteiger partial charge in [-0.2, -0.15) is 0 Å². The van der Waals surface area contributed by atoms with Gasteiger partial charge in [-0.15, -0.1) is 0 Å². The first-order valence-electron chi connectivity index (χ1n) is 3.87. The zero-order valence-corrected chi connectivity index (χ0v) is 8.27. The third-order valence-electron chi connectivity index (χ3n) is 1.93. The van der Waals surface area contributed by atoms with Gasteiger partial charge >= 0.3 is 7.60 Å². The van der Waals surface area contributed by atoms with Crippen LogP contribution in [0.4, 0.5) is 0 Å². The molecule has 2 N–H and O–H groups in total. The highest BCUT2D eigenvalue weighted by atomic mass is 31.2. The molecule has 0 rings (SSSR count). The second kappa shape index (κ2) is 3.70. The lowest BCUT2D eigenvalue weighted by Crippen LogP contribution is -2.19. The second-order valence-electron chi connectivity index (χ2n) is 3.46. The maximum absolute atomic E-state index is 10.9. The summed E-state index contributed by atoms with van der Waals surface area (Å²) in [5.74, 6) is 0. The fourth-order valence-electron chi connectivity index (χ4n) is 0.755. The lowest BCUT2D eigenvalue weighted by atomic mass is 10.1. The summed E-state index contributed by atoms with van der Waals surface area (Å²) >= 11 is 0. The van der Waals surface area contributed by atoms with E-state index in [1.165, 1.54) is 0 Å². The smallest absolute Gasteiger partial charge is 0.324 e. The molecule has 0 radical (unpaired) electrons. The summed E-state index contributed by atoms with van der Waals surface area (Å²) in [5.41, 5.74) is 0. The molecule has 0 saturated carbocycles. The Morgan fingerprint density at radius 1 is 1.36 bits per heavy atom. The van der Waals surface area contributed by atoms with E-state index in [1.807, 2.05) is 6.92 Å². The lowest BCUT2D eigenvalue weighted by molar-refractivity contribution is 0.328. The number of rotatable bonds is 4. The maximum Gasteiger partial charge on any atom is 0.331 e. The van der Waals surface area contributed by atoms with E-state index in [1.54, 1.807) is 13.8 Å². The van der Waals surface area contributed by atoms with Crippen molar-refractivity contribution in [1.29, 1.82) is 0 Å². The molecule has 0 aromatic carbocycles. The molecule has 0 aromatic rings. The molecule has 4 heteroatoms. The van der Waals surface area contributed by atoms with Gasteiger partial charge in [0.1, 0.15) is 0 Å². The number of unbranched alkanes of at least 4 members (excludes halogenated alkanes) is 1. The van der Waals surface area contributed by atoms with Gasteiger partial charge in [0.25, 0.3) is 0 Å². The van der Waals surface area contributed by atoms with E-state index < -0.39 is 12.8 Å². The van der Waals surface area contributed by atoms with E-state index in [-0.39, 0.29) is 0 Å². The van der Waals surface area contributed by atoms with Gasteiger partial charge in [-0.05, 0) is 20.3 Å². The van der Waals surface area contributed by atoms with Gasteiger partial charge < -0.3 is 9.79 Å². The molecule has 68 valence electrons. The molecule has 0 spiro atoms. The van der Waals surface area contributed by atoms with Crippen LogP contribution in [-0.4, -0.2) is 14.9 Å². The largest absolute Gasteiger partial charge is 0.331 e. The standard InChI is InChI=1S/C7H17O3P/c1-4-5-6-7(2,3)11(8,9)10/h4-6H2,1-3H3,(H2,8,9,10). The van der Waals surface area contributed by atoms with E-state index >= 15 is 0 Å². The van der Waals surface area contributed by atoms with Crippen molar-refractivity contribution in [3.63, 3.8) is 0 Å². The molecule has 0 amide bonds. The summed E-state index contributed by atoms with van der Waals surface area (Å²) in [6.07, 6.45) is 2.44. The SMILES string of the molecule is CCCCC(C)(C)P(=O)(O)O. The lowest BCUT2D eigenvalue weighted by Gasteiger charge is -2.25. The monoisotopic (exact) mass is 180 g/mol. The van der Waals surface area contributed by atoms with Gasteiger partial charge in [-0.3, -0.25) is 4.57 Å². The Labute approximate surface area is 68.0 Å². The first kappa shape index (κ1) is 11.2. The van der Waals surface area contributed by atoms with E-state index in [0.717, 1.165) is 12.8 Å². The average molecular weight is 180 g/mol. The fraction of sp³-hybridized carbons (Fsp3) is 1.00. The molecule has 0 heterocycles. The third-order valence-corrected chi connectivity index (χ3v) is 3.73. The summed E-state index contributed by atoms with van der Waals surface area (Å²) in [6.45, 7) is 5.24. The van der Waals surface area contributed by atoms with Crippen molar-refractivity contribution < 1.29 is 14.4 Å². The van der Waals surface area contributed by atoms with Gasteiger partial charge in [0, 0.05) is 0 Å². The number of hydrogen-bond donors (Lipinski definition) is 2. The Morgan fingerprint density at radius 2 is 1.82 bits per heavy atom. The molecular formula is C7H17O3P. The van der Waals surface area contributed by atoms with Crippen LogP contribution in [0.5, 0.6) is 0 Å². The van der Waals surface area contributed by atoms with Crippen molar-refractivity contribution in [3.05, 3.63) is 0 Å².